The molecule has 2 heterocycles. The molecular formula is C17H27ClN2O3S. The minimum Gasteiger partial charge on any atom is -0.444 e. The number of nitrogens with zero attached hydrogens (tertiary/aromatic N) is 2. The molecule has 2 rings (SSSR count). The summed E-state index contributed by atoms with van der Waals surface area (Å²) in [5.41, 5.74) is -0.433. The van der Waals surface area contributed by atoms with E-state index in [1.807, 2.05) is 25.7 Å². The van der Waals surface area contributed by atoms with Crippen LogP contribution >= 0.6 is 22.9 Å². The maximum atomic E-state index is 12.2. The zero-order chi connectivity index (χ0) is 17.6. The van der Waals surface area contributed by atoms with Crippen molar-refractivity contribution in [1.82, 2.24) is 9.88 Å². The van der Waals surface area contributed by atoms with E-state index >= 15 is 0 Å². The van der Waals surface area contributed by atoms with E-state index in [0.29, 0.717) is 17.0 Å². The maximum Gasteiger partial charge on any atom is 0.410 e. The van der Waals surface area contributed by atoms with Gasteiger partial charge >= 0.3 is 6.09 Å². The van der Waals surface area contributed by atoms with Crippen molar-refractivity contribution < 1.29 is 14.3 Å². The Bertz CT molecular complexity index is 530. The number of thiazole rings is 1. The van der Waals surface area contributed by atoms with E-state index in [-0.39, 0.29) is 6.09 Å². The van der Waals surface area contributed by atoms with Crippen LogP contribution in [0.4, 0.5) is 4.79 Å². The van der Waals surface area contributed by atoms with Gasteiger partial charge in [0.15, 0.2) is 4.47 Å². The number of hydrogen-bond donors (Lipinski definition) is 0. The summed E-state index contributed by atoms with van der Waals surface area (Å²) < 4.78 is 11.7. The Balaban J connectivity index is 1.63. The number of rotatable bonds is 6. The van der Waals surface area contributed by atoms with Gasteiger partial charge in [-0.05, 0) is 52.4 Å². The summed E-state index contributed by atoms with van der Waals surface area (Å²) in [7, 11) is 0. The van der Waals surface area contributed by atoms with Crippen LogP contribution in [0.2, 0.25) is 4.47 Å². The highest BCUT2D eigenvalue weighted by Crippen LogP contribution is 2.23. The molecule has 0 unspecified atom stereocenters. The first kappa shape index (κ1) is 19.5. The first-order valence-corrected chi connectivity index (χ1v) is 9.69. The summed E-state index contributed by atoms with van der Waals surface area (Å²) >= 11 is 7.24. The second-order valence-corrected chi connectivity index (χ2v) is 8.91. The largest absolute Gasteiger partial charge is 0.444 e. The van der Waals surface area contributed by atoms with Crippen LogP contribution in [0, 0.1) is 5.92 Å². The fourth-order valence-electron chi connectivity index (χ4n) is 2.79. The Morgan fingerprint density at radius 1 is 1.50 bits per heavy atom. The molecule has 1 atom stereocenters. The molecule has 1 fully saturated rings. The fourth-order valence-corrected chi connectivity index (χ4v) is 3.71. The smallest absolute Gasteiger partial charge is 0.410 e. The molecule has 1 aromatic heterocycles. The van der Waals surface area contributed by atoms with Crippen LogP contribution in [0.25, 0.3) is 0 Å². The molecular weight excluding hydrogens is 348 g/mol. The van der Waals surface area contributed by atoms with E-state index in [9.17, 15) is 4.79 Å². The normalized spacial score (nSPS) is 18.7. The molecule has 1 aliphatic heterocycles. The summed E-state index contributed by atoms with van der Waals surface area (Å²) in [4.78, 5) is 19.0. The van der Waals surface area contributed by atoms with Crippen molar-refractivity contribution in [3.05, 3.63) is 15.5 Å². The lowest BCUT2D eigenvalue weighted by Gasteiger charge is -2.34. The number of amides is 1. The molecule has 0 spiro atoms. The molecule has 0 aromatic carbocycles. The molecule has 136 valence electrons. The van der Waals surface area contributed by atoms with Crippen LogP contribution in [0.5, 0.6) is 0 Å². The van der Waals surface area contributed by atoms with Crippen LogP contribution in [0.15, 0.2) is 6.20 Å². The van der Waals surface area contributed by atoms with Crippen LogP contribution in [0.1, 0.15) is 51.3 Å². The van der Waals surface area contributed by atoms with Crippen LogP contribution in [-0.2, 0) is 16.1 Å². The van der Waals surface area contributed by atoms with Gasteiger partial charge in [-0.1, -0.05) is 11.6 Å². The van der Waals surface area contributed by atoms with Crippen LogP contribution in [-0.4, -0.2) is 41.3 Å². The summed E-state index contributed by atoms with van der Waals surface area (Å²) in [6, 6.07) is 0. The summed E-state index contributed by atoms with van der Waals surface area (Å²) in [6.45, 7) is 8.59. The average Bonchev–Trinajstić information content (AvgIpc) is 2.91. The maximum absolute atomic E-state index is 12.2. The molecule has 1 aliphatic rings. The lowest BCUT2D eigenvalue weighted by Crippen LogP contribution is -2.42. The third-order valence-corrected chi connectivity index (χ3v) is 4.93. The first-order valence-electron chi connectivity index (χ1n) is 8.49. The van der Waals surface area contributed by atoms with E-state index in [2.05, 4.69) is 4.98 Å². The molecule has 1 saturated heterocycles. The van der Waals surface area contributed by atoms with Gasteiger partial charge in [-0.3, -0.25) is 0 Å². The Labute approximate surface area is 153 Å². The topological polar surface area (TPSA) is 51.7 Å². The van der Waals surface area contributed by atoms with Crippen molar-refractivity contribution in [2.24, 2.45) is 5.92 Å². The minimum atomic E-state index is -0.433. The summed E-state index contributed by atoms with van der Waals surface area (Å²) in [5.74, 6) is 0.535. The SMILES string of the molecule is CC(C)(C)OC(=O)N1CCC[C@@H](CCCOCc2cnc(Cl)s2)C1. The Morgan fingerprint density at radius 2 is 2.29 bits per heavy atom. The van der Waals surface area contributed by atoms with E-state index in [1.165, 1.54) is 17.8 Å². The number of carbonyl (C=O) groups is 1. The molecule has 7 heteroatoms. The van der Waals surface area contributed by atoms with E-state index in [4.69, 9.17) is 21.1 Å². The lowest BCUT2D eigenvalue weighted by molar-refractivity contribution is 0.0155. The lowest BCUT2D eigenvalue weighted by atomic mass is 9.94. The quantitative estimate of drug-likeness (QED) is 0.675. The summed E-state index contributed by atoms with van der Waals surface area (Å²) in [6.07, 6.45) is 5.86. The molecule has 0 aliphatic carbocycles. The third kappa shape index (κ3) is 6.95. The van der Waals surface area contributed by atoms with Gasteiger partial charge in [-0.15, -0.1) is 11.3 Å². The number of piperidine rings is 1. The number of ether oxygens (including phenoxy) is 2. The molecule has 0 bridgehead atoms. The van der Waals surface area contributed by atoms with Crippen molar-refractivity contribution in [1.29, 1.82) is 0 Å². The second kappa shape index (κ2) is 9.02. The van der Waals surface area contributed by atoms with Crippen molar-refractivity contribution in [2.45, 2.75) is 58.7 Å². The molecule has 0 saturated carbocycles. The molecule has 1 amide bonds. The van der Waals surface area contributed by atoms with Gasteiger partial charge in [-0.25, -0.2) is 9.78 Å². The number of likely N-dealkylation sites (tertiary alicyclic amines) is 1. The third-order valence-electron chi connectivity index (χ3n) is 3.84. The average molecular weight is 375 g/mol. The van der Waals surface area contributed by atoms with E-state index in [0.717, 1.165) is 43.8 Å². The van der Waals surface area contributed by atoms with Gasteiger partial charge in [0.2, 0.25) is 0 Å². The fraction of sp³-hybridized carbons (Fsp3) is 0.765. The highest BCUT2D eigenvalue weighted by Gasteiger charge is 2.27. The van der Waals surface area contributed by atoms with Crippen LogP contribution in [0.3, 0.4) is 0 Å². The summed E-state index contributed by atoms with van der Waals surface area (Å²) in [5, 5.41) is 0. The van der Waals surface area contributed by atoms with Gasteiger partial charge in [0.1, 0.15) is 5.60 Å². The number of carbonyl (C=O) groups excluding carboxylic acids is 1. The van der Waals surface area contributed by atoms with Crippen molar-refractivity contribution in [2.75, 3.05) is 19.7 Å². The zero-order valence-electron chi connectivity index (χ0n) is 14.7. The monoisotopic (exact) mass is 374 g/mol. The van der Waals surface area contributed by atoms with Gasteiger partial charge < -0.3 is 14.4 Å². The van der Waals surface area contributed by atoms with Gasteiger partial charge in [0, 0.05) is 25.9 Å². The predicted molar refractivity (Wildman–Crippen MR) is 96.5 cm³/mol. The van der Waals surface area contributed by atoms with E-state index in [1.54, 1.807) is 6.20 Å². The van der Waals surface area contributed by atoms with Gasteiger partial charge in [0.25, 0.3) is 0 Å². The van der Waals surface area contributed by atoms with E-state index < -0.39 is 5.60 Å². The Morgan fingerprint density at radius 3 is 2.96 bits per heavy atom. The standard InChI is InChI=1S/C17H27ClN2O3S/c1-17(2,3)23-16(21)20-8-4-6-13(11-20)7-5-9-22-12-14-10-19-15(18)24-14/h10,13H,4-9,11-12H2,1-3H3/t13-/m0/s1. The first-order chi connectivity index (χ1) is 11.3. The van der Waals surface area contributed by atoms with Gasteiger partial charge in [0.05, 0.1) is 11.5 Å². The molecule has 5 nitrogen and oxygen atoms in total. The van der Waals surface area contributed by atoms with Gasteiger partial charge in [-0.2, -0.15) is 0 Å². The zero-order valence-corrected chi connectivity index (χ0v) is 16.3. The Hall–Kier alpha value is -0.850. The highest BCUT2D eigenvalue weighted by molar-refractivity contribution is 7.15. The molecule has 0 N–H and O–H groups in total. The number of aromatic nitrogens is 1. The molecule has 1 aromatic rings. The number of hydrogen-bond acceptors (Lipinski definition) is 5. The van der Waals surface area contributed by atoms with Crippen molar-refractivity contribution in [3.8, 4) is 0 Å². The highest BCUT2D eigenvalue weighted by atomic mass is 35.5. The minimum absolute atomic E-state index is 0.189. The molecule has 24 heavy (non-hydrogen) atoms. The van der Waals surface area contributed by atoms with Crippen molar-refractivity contribution in [3.63, 3.8) is 0 Å². The van der Waals surface area contributed by atoms with Crippen LogP contribution < -0.4 is 0 Å². The predicted octanol–water partition coefficient (Wildman–Crippen LogP) is 4.74. The Kier molecular flexibility index (Phi) is 7.32. The van der Waals surface area contributed by atoms with Crippen molar-refractivity contribution >= 4 is 29.0 Å². The number of halogens is 1. The molecule has 0 radical (unpaired) electrons. The second-order valence-electron chi connectivity index (χ2n) is 7.21.